The average Bonchev–Trinajstić information content (AvgIpc) is 3.21. The van der Waals surface area contributed by atoms with Gasteiger partial charge in [-0.3, -0.25) is 4.90 Å². The van der Waals surface area contributed by atoms with Crippen LogP contribution in [0.15, 0.2) is 72.9 Å². The minimum absolute atomic E-state index is 0.370. The first-order chi connectivity index (χ1) is 14.8. The smallest absolute Gasteiger partial charge is 0.0588 e. The summed E-state index contributed by atoms with van der Waals surface area (Å²) in [7, 11) is 2.19. The molecular formula is C26H32N4. The number of hydrogen-bond acceptors (Lipinski definition) is 3. The number of piperazine rings is 1. The van der Waals surface area contributed by atoms with Crippen LogP contribution in [0.25, 0.3) is 0 Å². The van der Waals surface area contributed by atoms with Gasteiger partial charge in [0.1, 0.15) is 0 Å². The minimum atomic E-state index is 0.370. The number of fused-ring (bicyclic) bond motifs is 1. The van der Waals surface area contributed by atoms with Gasteiger partial charge in [0, 0.05) is 70.7 Å². The molecule has 0 aliphatic carbocycles. The second-order valence-electron chi connectivity index (χ2n) is 8.74. The number of hydrogen-bond donors (Lipinski definition) is 1. The molecule has 2 aliphatic heterocycles. The van der Waals surface area contributed by atoms with Crippen LogP contribution >= 0.6 is 0 Å². The lowest BCUT2D eigenvalue weighted by Gasteiger charge is -2.45. The van der Waals surface area contributed by atoms with Gasteiger partial charge in [0.05, 0.1) is 6.04 Å². The molecule has 156 valence electrons. The summed E-state index contributed by atoms with van der Waals surface area (Å²) >= 11 is 0. The monoisotopic (exact) mass is 400 g/mol. The van der Waals surface area contributed by atoms with Crippen molar-refractivity contribution >= 4 is 0 Å². The van der Waals surface area contributed by atoms with Gasteiger partial charge in [-0.05, 0) is 28.8 Å². The molecule has 1 aromatic heterocycles. The first kappa shape index (κ1) is 19.6. The van der Waals surface area contributed by atoms with Crippen LogP contribution in [0.5, 0.6) is 0 Å². The molecule has 30 heavy (non-hydrogen) atoms. The Labute approximate surface area is 180 Å². The van der Waals surface area contributed by atoms with E-state index in [0.29, 0.717) is 12.0 Å². The number of aromatic nitrogens is 1. The van der Waals surface area contributed by atoms with E-state index >= 15 is 0 Å². The second-order valence-corrected chi connectivity index (χ2v) is 8.74. The van der Waals surface area contributed by atoms with Crippen molar-refractivity contribution in [3.05, 3.63) is 95.3 Å². The van der Waals surface area contributed by atoms with E-state index in [0.717, 1.165) is 45.8 Å². The largest absolute Gasteiger partial charge is 0.353 e. The fraction of sp³-hybridized carbons (Fsp3) is 0.385. The molecule has 3 heterocycles. The summed E-state index contributed by atoms with van der Waals surface area (Å²) in [5.41, 5.74) is 5.82. The van der Waals surface area contributed by atoms with Crippen molar-refractivity contribution in [3.8, 4) is 0 Å². The summed E-state index contributed by atoms with van der Waals surface area (Å²) in [5, 5.41) is 3.50. The van der Waals surface area contributed by atoms with Crippen molar-refractivity contribution in [1.82, 2.24) is 19.7 Å². The van der Waals surface area contributed by atoms with Crippen molar-refractivity contribution in [1.29, 1.82) is 0 Å². The zero-order valence-corrected chi connectivity index (χ0v) is 17.9. The van der Waals surface area contributed by atoms with Crippen LogP contribution in [-0.4, -0.2) is 47.1 Å². The van der Waals surface area contributed by atoms with Gasteiger partial charge in [-0.2, -0.15) is 0 Å². The van der Waals surface area contributed by atoms with Gasteiger partial charge < -0.3 is 14.8 Å². The second kappa shape index (κ2) is 8.76. The number of benzene rings is 2. The van der Waals surface area contributed by atoms with Crippen molar-refractivity contribution < 1.29 is 0 Å². The van der Waals surface area contributed by atoms with Crippen molar-refractivity contribution in [2.45, 2.75) is 25.0 Å². The maximum Gasteiger partial charge on any atom is 0.0588 e. The van der Waals surface area contributed by atoms with E-state index in [1.165, 1.54) is 22.4 Å². The Balaban J connectivity index is 1.55. The molecular weight excluding hydrogens is 368 g/mol. The van der Waals surface area contributed by atoms with Crippen LogP contribution in [0, 0.1) is 0 Å². The molecule has 0 radical (unpaired) electrons. The van der Waals surface area contributed by atoms with Crippen molar-refractivity contribution in [2.75, 3.05) is 32.7 Å². The molecule has 4 nitrogen and oxygen atoms in total. The molecule has 2 aromatic carbocycles. The van der Waals surface area contributed by atoms with E-state index in [9.17, 15) is 0 Å². The summed E-state index contributed by atoms with van der Waals surface area (Å²) in [6.07, 6.45) is 2.19. The number of rotatable bonds is 5. The highest BCUT2D eigenvalue weighted by molar-refractivity contribution is 5.37. The highest BCUT2D eigenvalue weighted by Gasteiger charge is 2.38. The Kier molecular flexibility index (Phi) is 5.71. The summed E-state index contributed by atoms with van der Waals surface area (Å²) in [6, 6.07) is 24.9. The van der Waals surface area contributed by atoms with Gasteiger partial charge in [0.25, 0.3) is 0 Å². The molecule has 1 N–H and O–H groups in total. The summed E-state index contributed by atoms with van der Waals surface area (Å²) < 4.78 is 2.32. The molecule has 4 heteroatoms. The topological polar surface area (TPSA) is 23.4 Å². The van der Waals surface area contributed by atoms with Gasteiger partial charge in [-0.25, -0.2) is 0 Å². The molecule has 5 rings (SSSR count). The molecule has 0 spiro atoms. The third-order valence-corrected chi connectivity index (χ3v) is 6.78. The van der Waals surface area contributed by atoms with Crippen LogP contribution in [0.3, 0.4) is 0 Å². The number of aryl methyl sites for hydroxylation is 1. The van der Waals surface area contributed by atoms with Crippen LogP contribution in [-0.2, 0) is 20.1 Å². The van der Waals surface area contributed by atoms with Crippen LogP contribution < -0.4 is 5.32 Å². The molecule has 0 amide bonds. The Morgan fingerprint density at radius 2 is 1.67 bits per heavy atom. The Bertz CT molecular complexity index is 958. The normalized spacial score (nSPS) is 22.7. The Morgan fingerprint density at radius 3 is 2.43 bits per heavy atom. The highest BCUT2D eigenvalue weighted by Crippen LogP contribution is 2.43. The van der Waals surface area contributed by atoms with Crippen molar-refractivity contribution in [3.63, 3.8) is 0 Å². The maximum atomic E-state index is 3.50. The van der Waals surface area contributed by atoms with Gasteiger partial charge in [0.15, 0.2) is 0 Å². The maximum absolute atomic E-state index is 3.50. The number of nitrogens with one attached hydrogen (secondary N) is 1. The lowest BCUT2D eigenvalue weighted by Crippen LogP contribution is -2.48. The Hall–Kier alpha value is -2.40. The molecule has 0 bridgehead atoms. The van der Waals surface area contributed by atoms with E-state index in [4.69, 9.17) is 0 Å². The molecule has 2 aliphatic rings. The van der Waals surface area contributed by atoms with Crippen LogP contribution in [0.4, 0.5) is 0 Å². The van der Waals surface area contributed by atoms with E-state index in [2.05, 4.69) is 99.7 Å². The zero-order chi connectivity index (χ0) is 20.3. The first-order valence-corrected chi connectivity index (χ1v) is 11.2. The summed E-state index contributed by atoms with van der Waals surface area (Å²) in [6.45, 7) is 7.55. The zero-order valence-electron chi connectivity index (χ0n) is 17.9. The molecule has 0 saturated carbocycles. The molecule has 2 unspecified atom stereocenters. The van der Waals surface area contributed by atoms with Crippen molar-refractivity contribution in [2.24, 2.45) is 7.05 Å². The third kappa shape index (κ3) is 3.95. The lowest BCUT2D eigenvalue weighted by molar-refractivity contribution is 0.104. The molecule has 2 atom stereocenters. The minimum Gasteiger partial charge on any atom is -0.353 e. The molecule has 1 saturated heterocycles. The fourth-order valence-corrected chi connectivity index (χ4v) is 5.30. The molecule has 1 fully saturated rings. The predicted octanol–water partition coefficient (Wildman–Crippen LogP) is 3.77. The molecule has 3 aromatic rings. The fourth-order valence-electron chi connectivity index (χ4n) is 5.30. The van der Waals surface area contributed by atoms with E-state index < -0.39 is 0 Å². The predicted molar refractivity (Wildman–Crippen MR) is 122 cm³/mol. The SMILES string of the molecule is Cn1cccc1C1C(CN2CCNCC2)c2ccccc2CN1Cc1ccccc1. The van der Waals surface area contributed by atoms with Gasteiger partial charge >= 0.3 is 0 Å². The van der Waals surface area contributed by atoms with Gasteiger partial charge in [0.2, 0.25) is 0 Å². The van der Waals surface area contributed by atoms with Gasteiger partial charge in [-0.1, -0.05) is 54.6 Å². The Morgan fingerprint density at radius 1 is 0.900 bits per heavy atom. The van der Waals surface area contributed by atoms with Crippen LogP contribution in [0.2, 0.25) is 0 Å². The first-order valence-electron chi connectivity index (χ1n) is 11.2. The third-order valence-electron chi connectivity index (χ3n) is 6.78. The quantitative estimate of drug-likeness (QED) is 0.705. The van der Waals surface area contributed by atoms with Crippen LogP contribution in [0.1, 0.15) is 34.3 Å². The highest BCUT2D eigenvalue weighted by atomic mass is 15.2. The van der Waals surface area contributed by atoms with E-state index in [-0.39, 0.29) is 0 Å². The standard InChI is InChI=1S/C26H32N4/c1-28-15-7-12-25(28)26-24(20-29-16-13-27-14-17-29)23-11-6-5-10-22(23)19-30(26)18-21-8-3-2-4-9-21/h2-12,15,24,26-27H,13-14,16-20H2,1H3. The summed E-state index contributed by atoms with van der Waals surface area (Å²) in [5.74, 6) is 0.463. The van der Waals surface area contributed by atoms with E-state index in [1.54, 1.807) is 0 Å². The van der Waals surface area contributed by atoms with Gasteiger partial charge in [-0.15, -0.1) is 0 Å². The van der Waals surface area contributed by atoms with E-state index in [1.807, 2.05) is 0 Å². The average molecular weight is 401 g/mol. The number of nitrogens with zero attached hydrogens (tertiary/aromatic N) is 3. The lowest BCUT2D eigenvalue weighted by atomic mass is 9.81. The summed E-state index contributed by atoms with van der Waals surface area (Å²) in [4.78, 5) is 5.35.